The molecule has 0 saturated heterocycles. The molecule has 0 spiro atoms. The zero-order valence-electron chi connectivity index (χ0n) is 11.0. The molecule has 0 aromatic heterocycles. The lowest BCUT2D eigenvalue weighted by Gasteiger charge is -2.16. The Morgan fingerprint density at radius 2 is 1.95 bits per heavy atom. The number of halogens is 4. The standard InChI is InChI=1S/C15H11BrCl2FNO/c1-8(9-5-6-11(17)12(18)7-9)20-15(21)14-10(16)3-2-4-13(14)19/h2-8H,1H3,(H,20,21). The lowest BCUT2D eigenvalue weighted by atomic mass is 10.1. The third kappa shape index (κ3) is 3.76. The van der Waals surface area contributed by atoms with Crippen molar-refractivity contribution in [1.82, 2.24) is 5.32 Å². The van der Waals surface area contributed by atoms with Gasteiger partial charge in [-0.3, -0.25) is 4.79 Å². The monoisotopic (exact) mass is 389 g/mol. The Hall–Kier alpha value is -1.10. The number of carbonyl (C=O) groups excluding carboxylic acids is 1. The molecule has 0 fully saturated rings. The summed E-state index contributed by atoms with van der Waals surface area (Å²) in [6, 6.07) is 9.13. The minimum absolute atomic E-state index is 0.0237. The summed E-state index contributed by atoms with van der Waals surface area (Å²) in [6.45, 7) is 1.78. The molecule has 0 bridgehead atoms. The van der Waals surface area contributed by atoms with Gasteiger partial charge in [-0.1, -0.05) is 35.3 Å². The van der Waals surface area contributed by atoms with Gasteiger partial charge in [0.1, 0.15) is 5.82 Å². The summed E-state index contributed by atoms with van der Waals surface area (Å²) in [5.74, 6) is -1.08. The van der Waals surface area contributed by atoms with Gasteiger partial charge >= 0.3 is 0 Å². The molecule has 1 atom stereocenters. The number of rotatable bonds is 3. The second kappa shape index (κ2) is 6.77. The molecule has 0 saturated carbocycles. The second-order valence-corrected chi connectivity index (χ2v) is 6.13. The molecule has 1 N–H and O–H groups in total. The normalized spacial score (nSPS) is 12.0. The Labute approximate surface area is 140 Å². The maximum absolute atomic E-state index is 13.7. The van der Waals surface area contributed by atoms with Crippen LogP contribution >= 0.6 is 39.1 Å². The molecular weight excluding hydrogens is 380 g/mol. The van der Waals surface area contributed by atoms with Crippen LogP contribution in [0.3, 0.4) is 0 Å². The summed E-state index contributed by atoms with van der Waals surface area (Å²) in [7, 11) is 0. The average Bonchev–Trinajstić information content (AvgIpc) is 2.41. The molecule has 0 heterocycles. The fraction of sp³-hybridized carbons (Fsp3) is 0.133. The van der Waals surface area contributed by atoms with Gasteiger partial charge in [0.15, 0.2) is 0 Å². The van der Waals surface area contributed by atoms with E-state index >= 15 is 0 Å². The van der Waals surface area contributed by atoms with Crippen molar-refractivity contribution in [2.24, 2.45) is 0 Å². The van der Waals surface area contributed by atoms with Crippen molar-refractivity contribution in [1.29, 1.82) is 0 Å². The molecule has 0 aliphatic carbocycles. The van der Waals surface area contributed by atoms with Gasteiger partial charge in [0.25, 0.3) is 5.91 Å². The number of benzene rings is 2. The van der Waals surface area contributed by atoms with E-state index in [0.717, 1.165) is 5.56 Å². The fourth-order valence-corrected chi connectivity index (χ4v) is 2.68. The molecule has 2 aromatic rings. The highest BCUT2D eigenvalue weighted by Gasteiger charge is 2.18. The molecule has 2 nitrogen and oxygen atoms in total. The van der Waals surface area contributed by atoms with E-state index in [2.05, 4.69) is 21.2 Å². The topological polar surface area (TPSA) is 29.1 Å². The number of amides is 1. The lowest BCUT2D eigenvalue weighted by Crippen LogP contribution is -2.27. The maximum Gasteiger partial charge on any atom is 0.255 e. The smallest absolute Gasteiger partial charge is 0.255 e. The number of nitrogens with one attached hydrogen (secondary N) is 1. The van der Waals surface area contributed by atoms with E-state index in [1.54, 1.807) is 31.2 Å². The molecule has 6 heteroatoms. The van der Waals surface area contributed by atoms with E-state index in [1.807, 2.05) is 0 Å². The van der Waals surface area contributed by atoms with Crippen LogP contribution in [0.4, 0.5) is 4.39 Å². The van der Waals surface area contributed by atoms with Crippen LogP contribution in [0, 0.1) is 5.82 Å². The van der Waals surface area contributed by atoms with Gasteiger partial charge in [0.2, 0.25) is 0 Å². The third-order valence-corrected chi connectivity index (χ3v) is 4.38. The molecule has 1 unspecified atom stereocenters. The van der Waals surface area contributed by atoms with Crippen LogP contribution in [0.5, 0.6) is 0 Å². The van der Waals surface area contributed by atoms with Gasteiger partial charge in [-0.25, -0.2) is 4.39 Å². The van der Waals surface area contributed by atoms with Crippen molar-refractivity contribution >= 4 is 45.0 Å². The summed E-state index contributed by atoms with van der Waals surface area (Å²) >= 11 is 15.0. The van der Waals surface area contributed by atoms with E-state index in [1.165, 1.54) is 12.1 Å². The predicted molar refractivity (Wildman–Crippen MR) is 86.4 cm³/mol. The molecule has 0 aliphatic rings. The van der Waals surface area contributed by atoms with Crippen LogP contribution in [0.25, 0.3) is 0 Å². The SMILES string of the molecule is CC(NC(=O)c1c(F)cccc1Br)c1ccc(Cl)c(Cl)c1. The van der Waals surface area contributed by atoms with Gasteiger partial charge in [-0.05, 0) is 52.7 Å². The fourth-order valence-electron chi connectivity index (χ4n) is 1.85. The van der Waals surface area contributed by atoms with Crippen molar-refractivity contribution in [2.75, 3.05) is 0 Å². The van der Waals surface area contributed by atoms with Gasteiger partial charge in [0, 0.05) is 4.47 Å². The van der Waals surface area contributed by atoms with Crippen molar-refractivity contribution in [3.8, 4) is 0 Å². The van der Waals surface area contributed by atoms with E-state index in [9.17, 15) is 9.18 Å². The van der Waals surface area contributed by atoms with Gasteiger partial charge in [-0.15, -0.1) is 0 Å². The molecule has 21 heavy (non-hydrogen) atoms. The van der Waals surface area contributed by atoms with Crippen molar-refractivity contribution in [3.05, 3.63) is 67.9 Å². The molecule has 1 amide bonds. The molecule has 0 radical (unpaired) electrons. The van der Waals surface area contributed by atoms with Crippen molar-refractivity contribution in [2.45, 2.75) is 13.0 Å². The first-order valence-electron chi connectivity index (χ1n) is 6.10. The highest BCUT2D eigenvalue weighted by atomic mass is 79.9. The van der Waals surface area contributed by atoms with Gasteiger partial charge < -0.3 is 5.32 Å². The molecule has 2 aromatic carbocycles. The average molecular weight is 391 g/mol. The summed E-state index contributed by atoms with van der Waals surface area (Å²) < 4.78 is 14.1. The van der Waals surface area contributed by atoms with Crippen molar-refractivity contribution in [3.63, 3.8) is 0 Å². The van der Waals surface area contributed by atoms with E-state index in [0.29, 0.717) is 14.5 Å². The largest absolute Gasteiger partial charge is 0.345 e. The van der Waals surface area contributed by atoms with E-state index in [4.69, 9.17) is 23.2 Å². The summed E-state index contributed by atoms with van der Waals surface area (Å²) in [6.07, 6.45) is 0. The minimum atomic E-state index is -0.580. The molecular formula is C15H11BrCl2FNO. The zero-order chi connectivity index (χ0) is 15.6. The van der Waals surface area contributed by atoms with Crippen LogP contribution in [0.1, 0.15) is 28.9 Å². The first-order valence-corrected chi connectivity index (χ1v) is 7.65. The second-order valence-electron chi connectivity index (χ2n) is 4.47. The van der Waals surface area contributed by atoms with Crippen LogP contribution in [0.2, 0.25) is 10.0 Å². The van der Waals surface area contributed by atoms with Crippen LogP contribution in [0.15, 0.2) is 40.9 Å². The Balaban J connectivity index is 2.21. The highest BCUT2D eigenvalue weighted by molar-refractivity contribution is 9.10. The predicted octanol–water partition coefficient (Wildman–Crippen LogP) is 5.39. The third-order valence-electron chi connectivity index (χ3n) is 2.98. The summed E-state index contributed by atoms with van der Waals surface area (Å²) in [5, 5.41) is 3.58. The Morgan fingerprint density at radius 1 is 1.24 bits per heavy atom. The van der Waals surface area contributed by atoms with Gasteiger partial charge in [-0.2, -0.15) is 0 Å². The molecule has 2 rings (SSSR count). The lowest BCUT2D eigenvalue weighted by molar-refractivity contribution is 0.0935. The Kier molecular flexibility index (Phi) is 5.25. The molecule has 110 valence electrons. The minimum Gasteiger partial charge on any atom is -0.345 e. The quantitative estimate of drug-likeness (QED) is 0.748. The zero-order valence-corrected chi connectivity index (χ0v) is 14.1. The molecule has 0 aliphatic heterocycles. The van der Waals surface area contributed by atoms with E-state index < -0.39 is 11.7 Å². The first kappa shape index (κ1) is 16.3. The van der Waals surface area contributed by atoms with E-state index in [-0.39, 0.29) is 11.6 Å². The van der Waals surface area contributed by atoms with Gasteiger partial charge in [0.05, 0.1) is 21.7 Å². The number of hydrogen-bond donors (Lipinski definition) is 1. The Morgan fingerprint density at radius 3 is 2.57 bits per heavy atom. The first-order chi connectivity index (χ1) is 9.90. The summed E-state index contributed by atoms with van der Waals surface area (Å²) in [5.41, 5.74) is 0.759. The van der Waals surface area contributed by atoms with Crippen LogP contribution in [-0.4, -0.2) is 5.91 Å². The highest BCUT2D eigenvalue weighted by Crippen LogP contribution is 2.26. The van der Waals surface area contributed by atoms with Crippen LogP contribution in [-0.2, 0) is 0 Å². The van der Waals surface area contributed by atoms with Crippen LogP contribution < -0.4 is 5.32 Å². The number of hydrogen-bond acceptors (Lipinski definition) is 1. The Bertz CT molecular complexity index is 673. The summed E-state index contributed by atoms with van der Waals surface area (Å²) in [4.78, 5) is 12.2. The van der Waals surface area contributed by atoms with Crippen molar-refractivity contribution < 1.29 is 9.18 Å². The number of carbonyl (C=O) groups is 1. The maximum atomic E-state index is 13.7.